The molecule has 174 valence electrons. The van der Waals surface area contributed by atoms with Gasteiger partial charge in [0.05, 0.1) is 25.5 Å². The Morgan fingerprint density at radius 2 is 1.67 bits per heavy atom. The summed E-state index contributed by atoms with van der Waals surface area (Å²) in [6, 6.07) is 13.8. The van der Waals surface area contributed by atoms with Crippen LogP contribution in [0.5, 0.6) is 5.75 Å². The highest BCUT2D eigenvalue weighted by molar-refractivity contribution is 5.91. The van der Waals surface area contributed by atoms with Crippen molar-refractivity contribution in [2.24, 2.45) is 0 Å². The quantitative estimate of drug-likeness (QED) is 0.220. The van der Waals surface area contributed by atoms with E-state index in [1.54, 1.807) is 13.0 Å². The highest BCUT2D eigenvalue weighted by atomic mass is 16.6. The van der Waals surface area contributed by atoms with Gasteiger partial charge < -0.3 is 18.6 Å². The number of carbonyl (C=O) groups is 1. The fourth-order valence-electron chi connectivity index (χ4n) is 3.58. The smallest absolute Gasteiger partial charge is 0.373 e. The first-order valence-electron chi connectivity index (χ1n) is 11.2. The second-order valence-electron chi connectivity index (χ2n) is 7.63. The van der Waals surface area contributed by atoms with Gasteiger partial charge in [-0.25, -0.2) is 9.78 Å². The zero-order chi connectivity index (χ0) is 23.8. The molecule has 0 aliphatic heterocycles. The summed E-state index contributed by atoms with van der Waals surface area (Å²) in [7, 11) is 0. The Labute approximate surface area is 195 Å². The monoisotopic (exact) mass is 449 g/mol. The Morgan fingerprint density at radius 3 is 2.30 bits per heavy atom. The molecule has 0 fully saturated rings. The van der Waals surface area contributed by atoms with E-state index in [-0.39, 0.29) is 5.76 Å². The predicted octanol–water partition coefficient (Wildman–Crippen LogP) is 5.83. The van der Waals surface area contributed by atoms with Gasteiger partial charge in [0.15, 0.2) is 0 Å². The summed E-state index contributed by atoms with van der Waals surface area (Å²) < 4.78 is 22.5. The number of oxazole rings is 1. The summed E-state index contributed by atoms with van der Waals surface area (Å²) in [6.45, 7) is 10.7. The van der Waals surface area contributed by atoms with Crippen LogP contribution in [-0.4, -0.2) is 30.8 Å². The fraction of sp³-hybridized carbons (Fsp3) is 0.333. The molecule has 0 radical (unpaired) electrons. The second-order valence-corrected chi connectivity index (χ2v) is 7.63. The highest BCUT2D eigenvalue weighted by Crippen LogP contribution is 2.27. The van der Waals surface area contributed by atoms with Crippen LogP contribution in [0.25, 0.3) is 17.5 Å². The maximum atomic E-state index is 12.1. The van der Waals surface area contributed by atoms with Crippen molar-refractivity contribution in [2.75, 3.05) is 19.8 Å². The third-order valence-corrected chi connectivity index (χ3v) is 5.06. The van der Waals surface area contributed by atoms with Crippen molar-refractivity contribution >= 4 is 12.0 Å². The van der Waals surface area contributed by atoms with Crippen molar-refractivity contribution in [3.8, 4) is 17.2 Å². The maximum Gasteiger partial charge on any atom is 0.373 e. The minimum Gasteiger partial charge on any atom is -0.493 e. The molecule has 3 aromatic rings. The van der Waals surface area contributed by atoms with Crippen LogP contribution in [-0.2, 0) is 20.7 Å². The molecule has 0 amide bonds. The number of carbonyl (C=O) groups excluding carboxylic acids is 1. The minimum absolute atomic E-state index is 0.197. The lowest BCUT2D eigenvalue weighted by Gasteiger charge is -2.14. The summed E-state index contributed by atoms with van der Waals surface area (Å²) >= 11 is 0. The van der Waals surface area contributed by atoms with Crippen molar-refractivity contribution < 1.29 is 23.4 Å². The van der Waals surface area contributed by atoms with E-state index in [1.807, 2.05) is 70.2 Å². The molecular weight excluding hydrogens is 418 g/mol. The normalized spacial score (nSPS) is 11.4. The zero-order valence-corrected chi connectivity index (χ0v) is 19.9. The number of benzene rings is 2. The molecule has 0 aliphatic rings. The van der Waals surface area contributed by atoms with Crippen molar-refractivity contribution in [2.45, 2.75) is 41.0 Å². The standard InChI is InChI=1S/C27H31NO5/c1-6-30-24(27(29)31-7-2)17-21-15-18(3)25(19(4)16-21)32-14-13-23-20(5)33-26(28-23)22-11-9-8-10-12-22/h8-12,15-17H,6-7,13-14H2,1-5H3/b24-17-. The topological polar surface area (TPSA) is 70.8 Å². The van der Waals surface area contributed by atoms with E-state index in [1.165, 1.54) is 0 Å². The van der Waals surface area contributed by atoms with Crippen LogP contribution in [0.15, 0.2) is 52.6 Å². The Morgan fingerprint density at radius 1 is 1.00 bits per heavy atom. The lowest BCUT2D eigenvalue weighted by molar-refractivity contribution is -0.142. The molecule has 0 saturated carbocycles. The Hall–Kier alpha value is -3.54. The van der Waals surface area contributed by atoms with E-state index >= 15 is 0 Å². The summed E-state index contributed by atoms with van der Waals surface area (Å²) in [6.07, 6.45) is 2.34. The minimum atomic E-state index is -0.465. The third-order valence-electron chi connectivity index (χ3n) is 5.06. The lowest BCUT2D eigenvalue weighted by atomic mass is 10.0. The summed E-state index contributed by atoms with van der Waals surface area (Å²) in [5.41, 5.74) is 4.65. The number of aryl methyl sites for hydroxylation is 3. The van der Waals surface area contributed by atoms with Crippen molar-refractivity contribution in [3.63, 3.8) is 0 Å². The Bertz CT molecular complexity index is 1090. The van der Waals surface area contributed by atoms with Crippen LogP contribution >= 0.6 is 0 Å². The van der Waals surface area contributed by atoms with Gasteiger partial charge in [-0.05, 0) is 81.7 Å². The van der Waals surface area contributed by atoms with E-state index in [9.17, 15) is 4.79 Å². The van der Waals surface area contributed by atoms with Crippen LogP contribution < -0.4 is 4.74 Å². The number of hydrogen-bond donors (Lipinski definition) is 0. The number of rotatable bonds is 10. The van der Waals surface area contributed by atoms with Crippen molar-refractivity contribution in [1.29, 1.82) is 0 Å². The highest BCUT2D eigenvalue weighted by Gasteiger charge is 2.15. The number of ether oxygens (including phenoxy) is 3. The van der Waals surface area contributed by atoms with E-state index in [0.29, 0.717) is 32.1 Å². The van der Waals surface area contributed by atoms with Gasteiger partial charge in [0, 0.05) is 12.0 Å². The molecular formula is C27H31NO5. The van der Waals surface area contributed by atoms with Gasteiger partial charge in [-0.15, -0.1) is 0 Å². The Balaban J connectivity index is 1.70. The average molecular weight is 450 g/mol. The molecule has 1 aromatic heterocycles. The third kappa shape index (κ3) is 6.25. The summed E-state index contributed by atoms with van der Waals surface area (Å²) in [5, 5.41) is 0. The first kappa shape index (κ1) is 24.1. The van der Waals surface area contributed by atoms with E-state index in [4.69, 9.17) is 18.6 Å². The molecule has 6 nitrogen and oxygen atoms in total. The van der Waals surface area contributed by atoms with Gasteiger partial charge in [0.2, 0.25) is 11.6 Å². The predicted molar refractivity (Wildman–Crippen MR) is 128 cm³/mol. The SMILES string of the molecule is CCOC(=O)/C(=C/c1cc(C)c(OCCc2nc(-c3ccccc3)oc2C)c(C)c1)OCC. The van der Waals surface area contributed by atoms with Crippen molar-refractivity contribution in [1.82, 2.24) is 4.98 Å². The molecule has 1 heterocycles. The van der Waals surface area contributed by atoms with E-state index < -0.39 is 5.97 Å². The lowest BCUT2D eigenvalue weighted by Crippen LogP contribution is -2.10. The molecule has 0 unspecified atom stereocenters. The van der Waals surface area contributed by atoms with Gasteiger partial charge in [-0.3, -0.25) is 0 Å². The molecule has 0 N–H and O–H groups in total. The first-order valence-corrected chi connectivity index (χ1v) is 11.2. The molecule has 3 rings (SSSR count). The molecule has 6 heteroatoms. The molecule has 0 bridgehead atoms. The molecule has 33 heavy (non-hydrogen) atoms. The van der Waals surface area contributed by atoms with Crippen LogP contribution in [0.2, 0.25) is 0 Å². The van der Waals surface area contributed by atoms with E-state index in [0.717, 1.165) is 39.5 Å². The largest absolute Gasteiger partial charge is 0.493 e. The molecule has 0 atom stereocenters. The van der Waals surface area contributed by atoms with Crippen molar-refractivity contribution in [3.05, 3.63) is 76.4 Å². The molecule has 0 aliphatic carbocycles. The van der Waals surface area contributed by atoms with Gasteiger partial charge in [-0.1, -0.05) is 18.2 Å². The van der Waals surface area contributed by atoms with Gasteiger partial charge in [0.25, 0.3) is 0 Å². The number of esters is 1. The first-order chi connectivity index (χ1) is 15.9. The van der Waals surface area contributed by atoms with Crippen LogP contribution in [0.1, 0.15) is 42.0 Å². The van der Waals surface area contributed by atoms with Crippen LogP contribution in [0, 0.1) is 20.8 Å². The molecule has 0 spiro atoms. The van der Waals surface area contributed by atoms with Gasteiger partial charge in [0.1, 0.15) is 11.5 Å². The van der Waals surface area contributed by atoms with Gasteiger partial charge in [-0.2, -0.15) is 0 Å². The summed E-state index contributed by atoms with van der Waals surface area (Å²) in [5.74, 6) is 1.98. The van der Waals surface area contributed by atoms with Crippen LogP contribution in [0.4, 0.5) is 0 Å². The van der Waals surface area contributed by atoms with E-state index in [2.05, 4.69) is 4.98 Å². The second kappa shape index (κ2) is 11.4. The zero-order valence-electron chi connectivity index (χ0n) is 19.9. The number of aromatic nitrogens is 1. The number of hydrogen-bond acceptors (Lipinski definition) is 6. The molecule has 2 aromatic carbocycles. The summed E-state index contributed by atoms with van der Waals surface area (Å²) in [4.78, 5) is 16.8. The van der Waals surface area contributed by atoms with Crippen LogP contribution in [0.3, 0.4) is 0 Å². The fourth-order valence-corrected chi connectivity index (χ4v) is 3.58. The Kier molecular flexibility index (Phi) is 8.30. The average Bonchev–Trinajstić information content (AvgIpc) is 3.16. The maximum absolute atomic E-state index is 12.1. The van der Waals surface area contributed by atoms with Gasteiger partial charge >= 0.3 is 5.97 Å². The molecule has 0 saturated heterocycles. The number of nitrogens with zero attached hydrogens (tertiary/aromatic N) is 1.